The number of benzene rings is 2. The number of hydrogen-bond acceptors (Lipinski definition) is 6. The number of carbonyl (C=O) groups is 2. The number of pyridine rings is 1. The van der Waals surface area contributed by atoms with E-state index < -0.39 is 11.9 Å². The quantitative estimate of drug-likeness (QED) is 0.262. The third-order valence-electron chi connectivity index (χ3n) is 4.77. The van der Waals surface area contributed by atoms with E-state index in [4.69, 9.17) is 21.1 Å². The Morgan fingerprint density at radius 1 is 1.09 bits per heavy atom. The van der Waals surface area contributed by atoms with Gasteiger partial charge in [0, 0.05) is 10.8 Å². The van der Waals surface area contributed by atoms with E-state index in [9.17, 15) is 14.7 Å². The fraction of sp³-hybridized carbons (Fsp3) is 0.292. The second kappa shape index (κ2) is 11.3. The first-order valence-corrected chi connectivity index (χ1v) is 10.8. The molecule has 3 aromatic rings. The molecule has 1 aromatic heterocycles. The average Bonchev–Trinajstić information content (AvgIpc) is 2.81. The van der Waals surface area contributed by atoms with E-state index in [1.165, 1.54) is 0 Å². The maximum atomic E-state index is 12.4. The highest BCUT2D eigenvalue weighted by Gasteiger charge is 2.20. The number of halogens is 1. The molecule has 2 N–H and O–H groups in total. The lowest BCUT2D eigenvalue weighted by Crippen LogP contribution is -2.31. The van der Waals surface area contributed by atoms with Crippen LogP contribution >= 0.6 is 11.6 Å². The number of fused-ring (bicyclic) bond motifs is 1. The number of esters is 1. The number of rotatable bonds is 10. The van der Waals surface area contributed by atoms with E-state index in [0.717, 1.165) is 24.8 Å². The summed E-state index contributed by atoms with van der Waals surface area (Å²) in [5, 5.41) is 13.8. The van der Waals surface area contributed by atoms with Crippen molar-refractivity contribution < 1.29 is 24.2 Å². The minimum absolute atomic E-state index is 0.0373. The second-order valence-corrected chi connectivity index (χ2v) is 7.55. The molecule has 0 spiro atoms. The molecule has 0 aliphatic carbocycles. The van der Waals surface area contributed by atoms with Crippen molar-refractivity contribution in [3.8, 4) is 11.5 Å². The Morgan fingerprint density at radius 2 is 1.88 bits per heavy atom. The van der Waals surface area contributed by atoms with Gasteiger partial charge in [-0.05, 0) is 30.2 Å². The maximum absolute atomic E-state index is 12.4. The Labute approximate surface area is 191 Å². The minimum Gasteiger partial charge on any atom is -0.505 e. The van der Waals surface area contributed by atoms with E-state index >= 15 is 0 Å². The Kier molecular flexibility index (Phi) is 8.27. The molecule has 0 atom stereocenters. The summed E-state index contributed by atoms with van der Waals surface area (Å²) in [4.78, 5) is 28.2. The van der Waals surface area contributed by atoms with Gasteiger partial charge in [-0.3, -0.25) is 9.59 Å². The molecular weight excluding hydrogens is 432 g/mol. The first-order valence-electron chi connectivity index (χ1n) is 10.4. The number of nitrogens with one attached hydrogen (secondary N) is 1. The highest BCUT2D eigenvalue weighted by atomic mass is 35.5. The van der Waals surface area contributed by atoms with Gasteiger partial charge in [0.15, 0.2) is 11.4 Å². The molecular formula is C24H25ClN2O5. The fourth-order valence-electron chi connectivity index (χ4n) is 3.05. The Bertz CT molecular complexity index is 1090. The molecule has 0 aliphatic rings. The van der Waals surface area contributed by atoms with Crippen molar-refractivity contribution in [1.29, 1.82) is 0 Å². The molecule has 0 saturated carbocycles. The van der Waals surface area contributed by atoms with E-state index in [1.54, 1.807) is 18.2 Å². The van der Waals surface area contributed by atoms with Crippen molar-refractivity contribution in [2.75, 3.05) is 13.2 Å². The van der Waals surface area contributed by atoms with Crippen LogP contribution in [0, 0.1) is 0 Å². The van der Waals surface area contributed by atoms with Crippen molar-refractivity contribution in [3.05, 3.63) is 64.9 Å². The van der Waals surface area contributed by atoms with Gasteiger partial charge in [-0.15, -0.1) is 0 Å². The van der Waals surface area contributed by atoms with Gasteiger partial charge in [0.05, 0.1) is 6.61 Å². The lowest BCUT2D eigenvalue weighted by atomic mass is 10.1. The van der Waals surface area contributed by atoms with E-state index in [0.29, 0.717) is 29.7 Å². The Morgan fingerprint density at radius 3 is 2.62 bits per heavy atom. The van der Waals surface area contributed by atoms with Crippen LogP contribution in [0.25, 0.3) is 10.8 Å². The monoisotopic (exact) mass is 456 g/mol. The van der Waals surface area contributed by atoms with Crippen molar-refractivity contribution in [1.82, 2.24) is 10.3 Å². The Hall–Kier alpha value is -3.32. The molecule has 0 bridgehead atoms. The SMILES string of the molecule is CCCCCOC(=O)CNC(=O)c1nc(Cl)c2cc(OCc3ccccc3)ccc2c1O. The number of carbonyl (C=O) groups excluding carboxylic acids is 2. The number of aromatic hydroxyl groups is 1. The second-order valence-electron chi connectivity index (χ2n) is 7.19. The summed E-state index contributed by atoms with van der Waals surface area (Å²) < 4.78 is 10.8. The lowest BCUT2D eigenvalue weighted by molar-refractivity contribution is -0.142. The molecule has 8 heteroatoms. The highest BCUT2D eigenvalue weighted by Crippen LogP contribution is 2.34. The molecule has 168 valence electrons. The van der Waals surface area contributed by atoms with Crippen LogP contribution in [0.3, 0.4) is 0 Å². The van der Waals surface area contributed by atoms with Gasteiger partial charge in [-0.2, -0.15) is 0 Å². The summed E-state index contributed by atoms with van der Waals surface area (Å²) in [7, 11) is 0. The molecule has 2 aromatic carbocycles. The first-order chi connectivity index (χ1) is 15.5. The zero-order valence-corrected chi connectivity index (χ0v) is 18.5. The molecule has 0 radical (unpaired) electrons. The van der Waals surface area contributed by atoms with Gasteiger partial charge >= 0.3 is 5.97 Å². The maximum Gasteiger partial charge on any atom is 0.325 e. The van der Waals surface area contributed by atoms with Crippen molar-refractivity contribution in [2.45, 2.75) is 32.8 Å². The predicted molar refractivity (Wildman–Crippen MR) is 122 cm³/mol. The van der Waals surface area contributed by atoms with Gasteiger partial charge < -0.3 is 19.9 Å². The van der Waals surface area contributed by atoms with Gasteiger partial charge in [0.2, 0.25) is 0 Å². The molecule has 0 saturated heterocycles. The largest absolute Gasteiger partial charge is 0.505 e. The van der Waals surface area contributed by atoms with Gasteiger partial charge in [0.1, 0.15) is 24.1 Å². The Balaban J connectivity index is 1.67. The molecule has 1 amide bonds. The number of amides is 1. The first kappa shape index (κ1) is 23.3. The minimum atomic E-state index is -0.721. The fourth-order valence-corrected chi connectivity index (χ4v) is 3.29. The third-order valence-corrected chi connectivity index (χ3v) is 5.06. The summed E-state index contributed by atoms with van der Waals surface area (Å²) in [5.74, 6) is -1.05. The third kappa shape index (κ3) is 6.11. The predicted octanol–water partition coefficient (Wildman–Crippen LogP) is 4.64. The smallest absolute Gasteiger partial charge is 0.325 e. The summed E-state index contributed by atoms with van der Waals surface area (Å²) in [6.45, 7) is 2.41. The zero-order chi connectivity index (χ0) is 22.9. The zero-order valence-electron chi connectivity index (χ0n) is 17.8. The molecule has 7 nitrogen and oxygen atoms in total. The summed E-state index contributed by atoms with van der Waals surface area (Å²) in [6, 6.07) is 14.6. The van der Waals surface area contributed by atoms with Crippen molar-refractivity contribution >= 4 is 34.2 Å². The standard InChI is InChI=1S/C24H25ClN2O5/c1-2-3-7-12-31-20(28)14-26-24(30)21-22(29)18-11-10-17(13-19(18)23(25)27-21)32-15-16-8-5-4-6-9-16/h4-6,8-11,13,29H,2-3,7,12,14-15H2,1H3,(H,26,30). The van der Waals surface area contributed by atoms with Crippen molar-refractivity contribution in [2.24, 2.45) is 0 Å². The van der Waals surface area contributed by atoms with Crippen LogP contribution in [-0.4, -0.2) is 35.1 Å². The highest BCUT2D eigenvalue weighted by molar-refractivity contribution is 6.35. The molecule has 0 aliphatic heterocycles. The van der Waals surface area contributed by atoms with Crippen LogP contribution in [0.1, 0.15) is 42.2 Å². The molecule has 1 heterocycles. The topological polar surface area (TPSA) is 97.8 Å². The summed E-state index contributed by atoms with van der Waals surface area (Å²) in [6.07, 6.45) is 2.75. The number of ether oxygens (including phenoxy) is 2. The van der Waals surface area contributed by atoms with Gasteiger partial charge in [-0.25, -0.2) is 4.98 Å². The number of nitrogens with zero attached hydrogens (tertiary/aromatic N) is 1. The number of hydrogen-bond donors (Lipinski definition) is 2. The van der Waals surface area contributed by atoms with Crippen LogP contribution in [0.15, 0.2) is 48.5 Å². The van der Waals surface area contributed by atoms with Crippen LogP contribution < -0.4 is 10.1 Å². The summed E-state index contributed by atoms with van der Waals surface area (Å²) in [5.41, 5.74) is 0.745. The molecule has 32 heavy (non-hydrogen) atoms. The molecule has 3 rings (SSSR count). The number of aromatic nitrogens is 1. The van der Waals surface area contributed by atoms with E-state index in [1.807, 2.05) is 30.3 Å². The molecule has 0 fully saturated rings. The average molecular weight is 457 g/mol. The lowest BCUT2D eigenvalue weighted by Gasteiger charge is -2.12. The summed E-state index contributed by atoms with van der Waals surface area (Å²) >= 11 is 6.28. The van der Waals surface area contributed by atoms with E-state index in [2.05, 4.69) is 17.2 Å². The van der Waals surface area contributed by atoms with Crippen LogP contribution in [0.5, 0.6) is 11.5 Å². The number of unbranched alkanes of at least 4 members (excludes halogenated alkanes) is 2. The van der Waals surface area contributed by atoms with Crippen LogP contribution in [0.4, 0.5) is 0 Å². The van der Waals surface area contributed by atoms with Gasteiger partial charge in [-0.1, -0.05) is 61.7 Å². The van der Waals surface area contributed by atoms with Crippen molar-refractivity contribution in [3.63, 3.8) is 0 Å². The van der Waals surface area contributed by atoms with Gasteiger partial charge in [0.25, 0.3) is 5.91 Å². The van der Waals surface area contributed by atoms with Crippen LogP contribution in [0.2, 0.25) is 5.15 Å². The van der Waals surface area contributed by atoms with E-state index in [-0.39, 0.29) is 23.1 Å². The normalized spacial score (nSPS) is 10.7. The molecule has 0 unspecified atom stereocenters. The van der Waals surface area contributed by atoms with Crippen LogP contribution in [-0.2, 0) is 16.1 Å².